The normalized spacial score (nSPS) is 9.12. The van der Waals surface area contributed by atoms with Gasteiger partial charge in [0.2, 0.25) is 0 Å². The van der Waals surface area contributed by atoms with Gasteiger partial charge in [0, 0.05) is 0 Å². The summed E-state index contributed by atoms with van der Waals surface area (Å²) in [7, 11) is 0. The summed E-state index contributed by atoms with van der Waals surface area (Å²) in [6, 6.07) is 0. The minimum absolute atomic E-state index is 0.604. The third-order valence-corrected chi connectivity index (χ3v) is 1.19. The van der Waals surface area contributed by atoms with Gasteiger partial charge in [-0.2, -0.15) is 5.10 Å². The molecule has 1 aromatic heterocycles. The maximum atomic E-state index is 4.77. The lowest BCUT2D eigenvalue weighted by Gasteiger charge is -1.85. The maximum absolute atomic E-state index is 4.77. The Hall–Kier alpha value is -0.770. The molecule has 0 aliphatic rings. The molecule has 1 aromatic rings. The van der Waals surface area contributed by atoms with Gasteiger partial charge in [0.25, 0.3) is 0 Å². The van der Waals surface area contributed by atoms with E-state index in [9.17, 15) is 0 Å². The first kappa shape index (κ1) is 5.37. The fraction of sp³-hybridized carbons (Fsp3) is 0.250. The average Bonchev–Trinajstić information content (AvgIpc) is 1.77. The van der Waals surface area contributed by atoms with Gasteiger partial charge in [0.1, 0.15) is 11.0 Å². The molecular weight excluding hydrogens is 122 g/mol. The first-order valence-corrected chi connectivity index (χ1v) is 2.58. The Morgan fingerprint density at radius 1 is 1.75 bits per heavy atom. The summed E-state index contributed by atoms with van der Waals surface area (Å²) in [6.07, 6.45) is 1.44. The topological polar surface area (TPSA) is 41.6 Å². The fourth-order valence-electron chi connectivity index (χ4n) is 0.342. The zero-order chi connectivity index (χ0) is 5.98. The largest absolute Gasteiger partial charge is 0.265 e. The molecule has 3 nitrogen and oxygen atoms in total. The molecule has 0 saturated heterocycles. The summed E-state index contributed by atoms with van der Waals surface area (Å²) >= 11 is 4.77. The summed E-state index contributed by atoms with van der Waals surface area (Å²) < 4.78 is 0.604. The Balaban J connectivity index is 3.35. The predicted molar refractivity (Wildman–Crippen MR) is 32.0 cm³/mol. The molecule has 0 atom stereocenters. The molecule has 1 heterocycles. The van der Waals surface area contributed by atoms with Gasteiger partial charge in [-0.05, 0) is 6.92 Å². The first-order chi connectivity index (χ1) is 3.80. The SMILES string of the molecule is Cc1ncn[nH]c1=S. The molecule has 0 amide bonds. The van der Waals surface area contributed by atoms with Crippen molar-refractivity contribution >= 4 is 12.2 Å². The maximum Gasteiger partial charge on any atom is 0.141 e. The Labute approximate surface area is 51.8 Å². The summed E-state index contributed by atoms with van der Waals surface area (Å²) in [6.45, 7) is 1.83. The first-order valence-electron chi connectivity index (χ1n) is 2.17. The molecule has 0 bridgehead atoms. The van der Waals surface area contributed by atoms with Gasteiger partial charge in [-0.1, -0.05) is 12.2 Å². The number of H-pyrrole nitrogens is 1. The van der Waals surface area contributed by atoms with E-state index in [1.807, 2.05) is 6.92 Å². The van der Waals surface area contributed by atoms with E-state index >= 15 is 0 Å². The molecule has 0 aliphatic heterocycles. The summed E-state index contributed by atoms with van der Waals surface area (Å²) in [5.74, 6) is 0. The fourth-order valence-corrected chi connectivity index (χ4v) is 0.448. The summed E-state index contributed by atoms with van der Waals surface area (Å²) in [4.78, 5) is 3.83. The molecule has 1 N–H and O–H groups in total. The minimum atomic E-state index is 0.604. The lowest BCUT2D eigenvalue weighted by molar-refractivity contribution is 0.924. The molecule has 0 radical (unpaired) electrons. The number of aromatic amines is 1. The van der Waals surface area contributed by atoms with Gasteiger partial charge >= 0.3 is 0 Å². The number of rotatable bonds is 0. The van der Waals surface area contributed by atoms with Crippen LogP contribution in [0.2, 0.25) is 0 Å². The number of aryl methyl sites for hydroxylation is 1. The van der Waals surface area contributed by atoms with Crippen LogP contribution in [0.3, 0.4) is 0 Å². The van der Waals surface area contributed by atoms with Crippen LogP contribution in [0.4, 0.5) is 0 Å². The molecule has 0 spiro atoms. The van der Waals surface area contributed by atoms with Crippen LogP contribution in [-0.2, 0) is 0 Å². The van der Waals surface area contributed by atoms with E-state index in [-0.39, 0.29) is 0 Å². The third-order valence-electron chi connectivity index (χ3n) is 0.804. The number of aromatic nitrogens is 3. The van der Waals surface area contributed by atoms with Crippen molar-refractivity contribution < 1.29 is 0 Å². The summed E-state index contributed by atoms with van der Waals surface area (Å²) in [5, 5.41) is 6.21. The van der Waals surface area contributed by atoms with Crippen molar-refractivity contribution in [3.8, 4) is 0 Å². The lowest BCUT2D eigenvalue weighted by Crippen LogP contribution is -1.87. The van der Waals surface area contributed by atoms with E-state index in [0.29, 0.717) is 4.64 Å². The van der Waals surface area contributed by atoms with Crippen molar-refractivity contribution in [3.63, 3.8) is 0 Å². The Bertz CT molecular complexity index is 229. The molecule has 0 unspecified atom stereocenters. The van der Waals surface area contributed by atoms with Crippen LogP contribution in [0.25, 0.3) is 0 Å². The lowest BCUT2D eigenvalue weighted by atomic mass is 10.5. The van der Waals surface area contributed by atoms with Crippen molar-refractivity contribution in [1.82, 2.24) is 15.2 Å². The number of nitrogens with zero attached hydrogens (tertiary/aromatic N) is 2. The third kappa shape index (κ3) is 0.894. The molecule has 0 saturated carbocycles. The second-order valence-corrected chi connectivity index (χ2v) is 1.81. The van der Waals surface area contributed by atoms with Gasteiger partial charge in [0.05, 0.1) is 5.69 Å². The minimum Gasteiger partial charge on any atom is -0.265 e. The van der Waals surface area contributed by atoms with E-state index in [1.165, 1.54) is 6.33 Å². The van der Waals surface area contributed by atoms with Crippen molar-refractivity contribution in [2.75, 3.05) is 0 Å². The van der Waals surface area contributed by atoms with Crippen molar-refractivity contribution in [3.05, 3.63) is 16.7 Å². The monoisotopic (exact) mass is 127 g/mol. The number of hydrogen-bond donors (Lipinski definition) is 1. The van der Waals surface area contributed by atoms with E-state index in [1.54, 1.807) is 0 Å². The molecular formula is C4H5N3S. The van der Waals surface area contributed by atoms with E-state index in [4.69, 9.17) is 12.2 Å². The quantitative estimate of drug-likeness (QED) is 0.525. The van der Waals surface area contributed by atoms with Gasteiger partial charge in [-0.3, -0.25) is 5.10 Å². The van der Waals surface area contributed by atoms with Crippen molar-refractivity contribution in [2.24, 2.45) is 0 Å². The number of nitrogens with one attached hydrogen (secondary N) is 1. The molecule has 1 rings (SSSR count). The van der Waals surface area contributed by atoms with E-state index < -0.39 is 0 Å². The van der Waals surface area contributed by atoms with Crippen LogP contribution in [0.15, 0.2) is 6.33 Å². The smallest absolute Gasteiger partial charge is 0.141 e. The second-order valence-electron chi connectivity index (χ2n) is 1.40. The molecule has 0 fully saturated rings. The van der Waals surface area contributed by atoms with Crippen LogP contribution in [0.1, 0.15) is 5.69 Å². The highest BCUT2D eigenvalue weighted by Crippen LogP contribution is 1.85. The van der Waals surface area contributed by atoms with Gasteiger partial charge < -0.3 is 0 Å². The highest BCUT2D eigenvalue weighted by atomic mass is 32.1. The zero-order valence-corrected chi connectivity index (χ0v) is 5.20. The predicted octanol–water partition coefficient (Wildman–Crippen LogP) is 0.843. The van der Waals surface area contributed by atoms with Crippen molar-refractivity contribution in [1.29, 1.82) is 0 Å². The highest BCUT2D eigenvalue weighted by Gasteiger charge is 1.82. The molecule has 0 aliphatic carbocycles. The van der Waals surface area contributed by atoms with Crippen LogP contribution < -0.4 is 0 Å². The van der Waals surface area contributed by atoms with Crippen LogP contribution >= 0.6 is 12.2 Å². The molecule has 8 heavy (non-hydrogen) atoms. The van der Waals surface area contributed by atoms with Gasteiger partial charge in [0.15, 0.2) is 0 Å². The average molecular weight is 127 g/mol. The highest BCUT2D eigenvalue weighted by molar-refractivity contribution is 7.71. The van der Waals surface area contributed by atoms with Gasteiger partial charge in [-0.15, -0.1) is 0 Å². The second kappa shape index (κ2) is 2.00. The van der Waals surface area contributed by atoms with Gasteiger partial charge in [-0.25, -0.2) is 4.98 Å². The Kier molecular flexibility index (Phi) is 1.34. The molecule has 4 heteroatoms. The summed E-state index contributed by atoms with van der Waals surface area (Å²) in [5.41, 5.74) is 0.815. The Morgan fingerprint density at radius 3 is 2.88 bits per heavy atom. The van der Waals surface area contributed by atoms with Crippen LogP contribution in [-0.4, -0.2) is 15.2 Å². The van der Waals surface area contributed by atoms with Crippen LogP contribution in [0, 0.1) is 11.6 Å². The Morgan fingerprint density at radius 2 is 2.50 bits per heavy atom. The van der Waals surface area contributed by atoms with Crippen molar-refractivity contribution in [2.45, 2.75) is 6.92 Å². The van der Waals surface area contributed by atoms with E-state index in [2.05, 4.69) is 15.2 Å². The standard InChI is InChI=1S/C4H5N3S/c1-3-4(8)7-6-2-5-3/h2H,1H3,(H,7,8). The van der Waals surface area contributed by atoms with Crippen LogP contribution in [0.5, 0.6) is 0 Å². The molecule has 42 valence electrons. The zero-order valence-electron chi connectivity index (χ0n) is 4.38. The number of hydrogen-bond acceptors (Lipinski definition) is 3. The molecule has 0 aromatic carbocycles. The van der Waals surface area contributed by atoms with E-state index in [0.717, 1.165) is 5.69 Å².